The van der Waals surface area contributed by atoms with Crippen molar-refractivity contribution in [2.45, 2.75) is 33.4 Å². The number of nitrogens with zero attached hydrogens (tertiary/aromatic N) is 2. The number of benzene rings is 1. The first-order valence-electron chi connectivity index (χ1n) is 7.91. The Morgan fingerprint density at radius 3 is 2.10 bits per heavy atom. The van der Waals surface area contributed by atoms with Crippen molar-refractivity contribution in [2.24, 2.45) is 0 Å². The van der Waals surface area contributed by atoms with Crippen molar-refractivity contribution in [3.05, 3.63) is 35.4 Å². The van der Waals surface area contributed by atoms with E-state index in [4.69, 9.17) is 4.74 Å². The number of ether oxygens (including phenoxy) is 1. The van der Waals surface area contributed by atoms with Crippen molar-refractivity contribution >= 4 is 0 Å². The lowest BCUT2D eigenvalue weighted by Gasteiger charge is -2.42. The van der Waals surface area contributed by atoms with Gasteiger partial charge in [0.2, 0.25) is 0 Å². The third-order valence-electron chi connectivity index (χ3n) is 4.07. The summed E-state index contributed by atoms with van der Waals surface area (Å²) in [5, 5.41) is 0. The molecule has 20 heavy (non-hydrogen) atoms. The van der Waals surface area contributed by atoms with Crippen LogP contribution in [0.1, 0.15) is 25.0 Å². The van der Waals surface area contributed by atoms with Gasteiger partial charge >= 0.3 is 0 Å². The van der Waals surface area contributed by atoms with Gasteiger partial charge in [0.15, 0.2) is 0 Å². The second-order valence-corrected chi connectivity index (χ2v) is 5.49. The number of hydrogen-bond donors (Lipinski definition) is 0. The summed E-state index contributed by atoms with van der Waals surface area (Å²) in [6.45, 7) is 13.9. The molecule has 0 aromatic heterocycles. The minimum Gasteiger partial charge on any atom is -0.378 e. The molecule has 0 aliphatic carbocycles. The molecule has 0 unspecified atom stereocenters. The summed E-state index contributed by atoms with van der Waals surface area (Å²) in [6.07, 6.45) is 0. The van der Waals surface area contributed by atoms with Gasteiger partial charge in [-0.05, 0) is 12.5 Å². The van der Waals surface area contributed by atoms with Crippen molar-refractivity contribution in [2.75, 3.05) is 39.4 Å². The number of aryl methyl sites for hydroxylation is 1. The number of rotatable bonds is 3. The number of hydrogen-bond acceptors (Lipinski definition) is 3. The third kappa shape index (κ3) is 4.05. The van der Waals surface area contributed by atoms with Crippen LogP contribution < -0.4 is 0 Å². The summed E-state index contributed by atoms with van der Waals surface area (Å²) in [7, 11) is 0. The highest BCUT2D eigenvalue weighted by atomic mass is 16.5. The lowest BCUT2D eigenvalue weighted by molar-refractivity contribution is -0.0774. The predicted molar refractivity (Wildman–Crippen MR) is 84.0 cm³/mol. The summed E-state index contributed by atoms with van der Waals surface area (Å²) >= 11 is 0. The summed E-state index contributed by atoms with van der Waals surface area (Å²) < 4.78 is 5.27. The lowest BCUT2D eigenvalue weighted by atomic mass is 10.1. The SMILES string of the molecule is CC.Cc1ccc(CN2CCN(C3COC3)CC2)cc1. The summed E-state index contributed by atoms with van der Waals surface area (Å²) in [5.74, 6) is 0. The van der Waals surface area contributed by atoms with E-state index in [1.54, 1.807) is 0 Å². The van der Waals surface area contributed by atoms with Gasteiger partial charge in [-0.15, -0.1) is 0 Å². The Hall–Kier alpha value is -0.900. The quantitative estimate of drug-likeness (QED) is 0.844. The molecule has 2 aliphatic heterocycles. The Bertz CT molecular complexity index is 378. The van der Waals surface area contributed by atoms with Crippen LogP contribution in [0.5, 0.6) is 0 Å². The Balaban J connectivity index is 0.000000704. The number of piperazine rings is 1. The van der Waals surface area contributed by atoms with Crippen LogP contribution in [0.2, 0.25) is 0 Å². The molecule has 3 heteroatoms. The molecule has 3 nitrogen and oxygen atoms in total. The third-order valence-corrected chi connectivity index (χ3v) is 4.07. The molecule has 2 aliphatic rings. The molecule has 2 saturated heterocycles. The smallest absolute Gasteiger partial charge is 0.0645 e. The van der Waals surface area contributed by atoms with Gasteiger partial charge in [0.25, 0.3) is 0 Å². The highest BCUT2D eigenvalue weighted by Gasteiger charge is 2.28. The summed E-state index contributed by atoms with van der Waals surface area (Å²) in [4.78, 5) is 5.13. The van der Waals surface area contributed by atoms with E-state index in [9.17, 15) is 0 Å². The monoisotopic (exact) mass is 276 g/mol. The maximum Gasteiger partial charge on any atom is 0.0645 e. The molecule has 2 heterocycles. The molecule has 1 aromatic rings. The van der Waals surface area contributed by atoms with Crippen LogP contribution in [-0.4, -0.2) is 55.2 Å². The van der Waals surface area contributed by atoms with Crippen LogP contribution >= 0.6 is 0 Å². The molecule has 0 atom stereocenters. The fourth-order valence-electron chi connectivity index (χ4n) is 2.67. The molecule has 0 spiro atoms. The second-order valence-electron chi connectivity index (χ2n) is 5.49. The first-order chi connectivity index (χ1) is 9.81. The lowest BCUT2D eigenvalue weighted by Crippen LogP contribution is -2.56. The first kappa shape index (κ1) is 15.5. The van der Waals surface area contributed by atoms with Crippen molar-refractivity contribution in [1.82, 2.24) is 9.80 Å². The molecule has 0 saturated carbocycles. The van der Waals surface area contributed by atoms with E-state index < -0.39 is 0 Å². The van der Waals surface area contributed by atoms with Crippen molar-refractivity contribution in [1.29, 1.82) is 0 Å². The van der Waals surface area contributed by atoms with Gasteiger partial charge in [-0.3, -0.25) is 9.80 Å². The van der Waals surface area contributed by atoms with Gasteiger partial charge in [0.1, 0.15) is 0 Å². The molecular formula is C17H28N2O. The van der Waals surface area contributed by atoms with E-state index in [1.165, 1.54) is 37.3 Å². The zero-order chi connectivity index (χ0) is 14.4. The molecule has 112 valence electrons. The molecule has 1 aromatic carbocycles. The van der Waals surface area contributed by atoms with Gasteiger partial charge in [0, 0.05) is 32.7 Å². The predicted octanol–water partition coefficient (Wildman–Crippen LogP) is 2.54. The summed E-state index contributed by atoms with van der Waals surface area (Å²) in [5.41, 5.74) is 2.77. The maximum atomic E-state index is 5.27. The highest BCUT2D eigenvalue weighted by Crippen LogP contribution is 2.15. The minimum atomic E-state index is 0.700. The normalized spacial score (nSPS) is 20.9. The zero-order valence-electron chi connectivity index (χ0n) is 13.1. The van der Waals surface area contributed by atoms with Crippen molar-refractivity contribution < 1.29 is 4.74 Å². The highest BCUT2D eigenvalue weighted by molar-refractivity contribution is 5.21. The van der Waals surface area contributed by atoms with Crippen LogP contribution in [-0.2, 0) is 11.3 Å². The molecule has 0 N–H and O–H groups in total. The Kier molecular flexibility index (Phi) is 6.02. The molecule has 0 radical (unpaired) electrons. The standard InChI is InChI=1S/C15H22N2O.C2H6/c1-13-2-4-14(5-3-13)10-16-6-8-17(9-7-16)15-11-18-12-15;1-2/h2-5,15H,6-12H2,1H3;1-2H3. The fraction of sp³-hybridized carbons (Fsp3) is 0.647. The second kappa shape index (κ2) is 7.77. The maximum absolute atomic E-state index is 5.27. The van der Waals surface area contributed by atoms with Crippen LogP contribution in [0.4, 0.5) is 0 Å². The average Bonchev–Trinajstić information content (AvgIpc) is 2.44. The molecule has 0 bridgehead atoms. The average molecular weight is 276 g/mol. The van der Waals surface area contributed by atoms with Crippen LogP contribution in [0.25, 0.3) is 0 Å². The van der Waals surface area contributed by atoms with E-state index >= 15 is 0 Å². The van der Waals surface area contributed by atoms with Gasteiger partial charge in [0.05, 0.1) is 19.3 Å². The first-order valence-corrected chi connectivity index (χ1v) is 7.91. The zero-order valence-corrected chi connectivity index (χ0v) is 13.1. The minimum absolute atomic E-state index is 0.700. The Labute approximate surface area is 123 Å². The molecule has 0 amide bonds. The van der Waals surface area contributed by atoms with E-state index in [0.717, 1.165) is 19.8 Å². The van der Waals surface area contributed by atoms with Crippen molar-refractivity contribution in [3.63, 3.8) is 0 Å². The van der Waals surface area contributed by atoms with Crippen molar-refractivity contribution in [3.8, 4) is 0 Å². The van der Waals surface area contributed by atoms with Gasteiger partial charge < -0.3 is 4.74 Å². The molecular weight excluding hydrogens is 248 g/mol. The van der Waals surface area contributed by atoms with Crippen LogP contribution in [0.3, 0.4) is 0 Å². The Morgan fingerprint density at radius 1 is 1.00 bits per heavy atom. The summed E-state index contributed by atoms with van der Waals surface area (Å²) in [6, 6.07) is 9.61. The van der Waals surface area contributed by atoms with Crippen LogP contribution in [0.15, 0.2) is 24.3 Å². The van der Waals surface area contributed by atoms with E-state index in [-0.39, 0.29) is 0 Å². The molecule has 2 fully saturated rings. The topological polar surface area (TPSA) is 15.7 Å². The van der Waals surface area contributed by atoms with Gasteiger partial charge in [-0.2, -0.15) is 0 Å². The fourth-order valence-corrected chi connectivity index (χ4v) is 2.67. The van der Waals surface area contributed by atoms with Gasteiger partial charge in [-0.1, -0.05) is 43.7 Å². The van der Waals surface area contributed by atoms with E-state index in [2.05, 4.69) is 41.0 Å². The molecule has 3 rings (SSSR count). The Morgan fingerprint density at radius 2 is 1.60 bits per heavy atom. The van der Waals surface area contributed by atoms with Gasteiger partial charge in [-0.25, -0.2) is 0 Å². The largest absolute Gasteiger partial charge is 0.378 e. The van der Waals surface area contributed by atoms with E-state index in [1.807, 2.05) is 13.8 Å². The van der Waals surface area contributed by atoms with Crippen LogP contribution in [0, 0.1) is 6.92 Å². The van der Waals surface area contributed by atoms with E-state index in [0.29, 0.717) is 6.04 Å².